The van der Waals surface area contributed by atoms with Gasteiger partial charge in [-0.15, -0.1) is 0 Å². The molecule has 0 atom stereocenters. The second-order valence-corrected chi connectivity index (χ2v) is 5.55. The third kappa shape index (κ3) is 3.01. The maximum absolute atomic E-state index is 11.9. The number of rotatable bonds is 4. The topological polar surface area (TPSA) is 101 Å². The second kappa shape index (κ2) is 5.51. The molecule has 1 heterocycles. The van der Waals surface area contributed by atoms with Crippen molar-refractivity contribution in [2.24, 2.45) is 0 Å². The van der Waals surface area contributed by atoms with E-state index >= 15 is 0 Å². The van der Waals surface area contributed by atoms with Gasteiger partial charge >= 0.3 is 0 Å². The van der Waals surface area contributed by atoms with Crippen LogP contribution >= 0.6 is 0 Å². The number of hydrogen-bond donors (Lipinski definition) is 2. The van der Waals surface area contributed by atoms with Crippen molar-refractivity contribution < 1.29 is 4.92 Å². The third-order valence-electron chi connectivity index (χ3n) is 3.02. The summed E-state index contributed by atoms with van der Waals surface area (Å²) in [7, 11) is 0. The van der Waals surface area contributed by atoms with Gasteiger partial charge in [-0.25, -0.2) is 4.98 Å². The molecule has 2 rings (SSSR count). The predicted octanol–water partition coefficient (Wildman–Crippen LogP) is 2.78. The molecule has 0 bridgehead atoms. The highest BCUT2D eigenvalue weighted by molar-refractivity contribution is 5.84. The number of fused-ring (bicyclic) bond motifs is 1. The minimum absolute atomic E-state index is 0.0187. The number of benzene rings is 1. The van der Waals surface area contributed by atoms with Crippen molar-refractivity contribution in [2.45, 2.75) is 39.7 Å². The number of anilines is 1. The summed E-state index contributed by atoms with van der Waals surface area (Å²) in [6.07, 6.45) is 0. The number of nitro groups is 1. The van der Waals surface area contributed by atoms with Gasteiger partial charge in [0.25, 0.3) is 11.2 Å². The van der Waals surface area contributed by atoms with Crippen molar-refractivity contribution >= 4 is 22.4 Å². The van der Waals surface area contributed by atoms with E-state index in [1.165, 1.54) is 6.07 Å². The lowest BCUT2D eigenvalue weighted by Gasteiger charge is -2.12. The zero-order valence-corrected chi connectivity index (χ0v) is 12.4. The van der Waals surface area contributed by atoms with Crippen molar-refractivity contribution in [1.82, 2.24) is 9.97 Å². The second-order valence-electron chi connectivity index (χ2n) is 5.55. The van der Waals surface area contributed by atoms with E-state index in [1.54, 1.807) is 6.07 Å². The van der Waals surface area contributed by atoms with E-state index < -0.39 is 4.92 Å². The van der Waals surface area contributed by atoms with Crippen LogP contribution in [0.2, 0.25) is 0 Å². The molecule has 7 nitrogen and oxygen atoms in total. The minimum atomic E-state index is -0.473. The smallest absolute Gasteiger partial charge is 0.294 e. The normalized spacial score (nSPS) is 11.3. The summed E-state index contributed by atoms with van der Waals surface area (Å²) in [5.74, 6) is -0.0187. The van der Waals surface area contributed by atoms with Crippen molar-refractivity contribution in [2.75, 3.05) is 5.32 Å². The molecule has 0 unspecified atom stereocenters. The SMILES string of the molecule is CC(C)Nc1cc2nc(C(C)C)c(=O)[nH]c2cc1[N+](=O)[O-]. The first-order chi connectivity index (χ1) is 9.79. The van der Waals surface area contributed by atoms with Gasteiger partial charge in [-0.2, -0.15) is 0 Å². The summed E-state index contributed by atoms with van der Waals surface area (Å²) in [5, 5.41) is 14.2. The molecule has 0 fully saturated rings. The van der Waals surface area contributed by atoms with E-state index in [9.17, 15) is 14.9 Å². The molecular formula is C14H18N4O3. The van der Waals surface area contributed by atoms with Crippen LogP contribution in [-0.2, 0) is 0 Å². The Morgan fingerprint density at radius 2 is 1.95 bits per heavy atom. The Hall–Kier alpha value is -2.44. The summed E-state index contributed by atoms with van der Waals surface area (Å²) in [4.78, 5) is 29.6. The lowest BCUT2D eigenvalue weighted by Crippen LogP contribution is -2.17. The van der Waals surface area contributed by atoms with E-state index in [-0.39, 0.29) is 23.2 Å². The van der Waals surface area contributed by atoms with E-state index in [0.29, 0.717) is 22.4 Å². The van der Waals surface area contributed by atoms with Crippen molar-refractivity contribution in [3.8, 4) is 0 Å². The molecule has 2 aromatic rings. The Balaban J connectivity index is 2.72. The molecule has 0 radical (unpaired) electrons. The van der Waals surface area contributed by atoms with Crippen LogP contribution in [0.5, 0.6) is 0 Å². The molecule has 0 saturated carbocycles. The van der Waals surface area contributed by atoms with E-state index in [1.807, 2.05) is 27.7 Å². The fourth-order valence-corrected chi connectivity index (χ4v) is 2.11. The average Bonchev–Trinajstić information content (AvgIpc) is 2.36. The lowest BCUT2D eigenvalue weighted by atomic mass is 10.1. The van der Waals surface area contributed by atoms with Crippen LogP contribution < -0.4 is 10.9 Å². The molecule has 0 aliphatic rings. The fraction of sp³-hybridized carbons (Fsp3) is 0.429. The first kappa shape index (κ1) is 15.0. The van der Waals surface area contributed by atoms with Crippen LogP contribution in [0, 0.1) is 10.1 Å². The molecule has 21 heavy (non-hydrogen) atoms. The van der Waals surface area contributed by atoms with Gasteiger partial charge in [-0.3, -0.25) is 14.9 Å². The van der Waals surface area contributed by atoms with Gasteiger partial charge in [0.2, 0.25) is 0 Å². The Kier molecular flexibility index (Phi) is 3.93. The Bertz CT molecular complexity index is 750. The van der Waals surface area contributed by atoms with Gasteiger partial charge in [0.1, 0.15) is 11.4 Å². The molecule has 0 aliphatic carbocycles. The number of aromatic amines is 1. The maximum Gasteiger partial charge on any atom is 0.294 e. The van der Waals surface area contributed by atoms with E-state index in [4.69, 9.17) is 0 Å². The van der Waals surface area contributed by atoms with Crippen LogP contribution in [-0.4, -0.2) is 20.9 Å². The lowest BCUT2D eigenvalue weighted by molar-refractivity contribution is -0.383. The largest absolute Gasteiger partial charge is 0.377 e. The van der Waals surface area contributed by atoms with Crippen molar-refractivity contribution in [3.05, 3.63) is 38.3 Å². The highest BCUT2D eigenvalue weighted by Crippen LogP contribution is 2.29. The van der Waals surface area contributed by atoms with Gasteiger partial charge in [0, 0.05) is 18.0 Å². The van der Waals surface area contributed by atoms with Crippen LogP contribution in [0.25, 0.3) is 11.0 Å². The average molecular weight is 290 g/mol. The van der Waals surface area contributed by atoms with Gasteiger partial charge in [-0.05, 0) is 19.9 Å². The molecule has 1 aromatic heterocycles. The number of nitro benzene ring substituents is 1. The molecule has 7 heteroatoms. The minimum Gasteiger partial charge on any atom is -0.377 e. The Labute approximate surface area is 121 Å². The van der Waals surface area contributed by atoms with E-state index in [0.717, 1.165) is 0 Å². The summed E-state index contributed by atoms with van der Waals surface area (Å²) in [6.45, 7) is 7.55. The molecule has 2 N–H and O–H groups in total. The molecule has 1 aromatic carbocycles. The van der Waals surface area contributed by atoms with Crippen LogP contribution in [0.4, 0.5) is 11.4 Å². The predicted molar refractivity (Wildman–Crippen MR) is 81.9 cm³/mol. The fourth-order valence-electron chi connectivity index (χ4n) is 2.11. The molecule has 0 spiro atoms. The van der Waals surface area contributed by atoms with Crippen molar-refractivity contribution in [3.63, 3.8) is 0 Å². The number of hydrogen-bond acceptors (Lipinski definition) is 5. The summed E-state index contributed by atoms with van der Waals surface area (Å²) >= 11 is 0. The monoisotopic (exact) mass is 290 g/mol. The van der Waals surface area contributed by atoms with Gasteiger partial charge in [0.15, 0.2) is 0 Å². The first-order valence-corrected chi connectivity index (χ1v) is 6.78. The van der Waals surface area contributed by atoms with Crippen LogP contribution in [0.3, 0.4) is 0 Å². The Morgan fingerprint density at radius 3 is 2.48 bits per heavy atom. The zero-order chi connectivity index (χ0) is 15.7. The number of aromatic nitrogens is 2. The summed E-state index contributed by atoms with van der Waals surface area (Å²) < 4.78 is 0. The van der Waals surface area contributed by atoms with E-state index in [2.05, 4.69) is 15.3 Å². The van der Waals surface area contributed by atoms with Crippen LogP contribution in [0.1, 0.15) is 39.3 Å². The molecule has 112 valence electrons. The van der Waals surface area contributed by atoms with Gasteiger partial charge in [0.05, 0.1) is 16.0 Å². The molecule has 0 aliphatic heterocycles. The highest BCUT2D eigenvalue weighted by Gasteiger charge is 2.18. The number of nitrogens with one attached hydrogen (secondary N) is 2. The number of H-pyrrole nitrogens is 1. The maximum atomic E-state index is 11.9. The quantitative estimate of drug-likeness (QED) is 0.666. The first-order valence-electron chi connectivity index (χ1n) is 6.78. The zero-order valence-electron chi connectivity index (χ0n) is 12.4. The van der Waals surface area contributed by atoms with Gasteiger partial charge in [-0.1, -0.05) is 13.8 Å². The van der Waals surface area contributed by atoms with Crippen LogP contribution in [0.15, 0.2) is 16.9 Å². The molecular weight excluding hydrogens is 272 g/mol. The number of nitrogens with zero attached hydrogens (tertiary/aromatic N) is 2. The summed E-state index contributed by atoms with van der Waals surface area (Å²) in [5.41, 5.74) is 1.34. The van der Waals surface area contributed by atoms with Crippen molar-refractivity contribution in [1.29, 1.82) is 0 Å². The Morgan fingerprint density at radius 1 is 1.29 bits per heavy atom. The molecule has 0 amide bonds. The van der Waals surface area contributed by atoms with Gasteiger partial charge < -0.3 is 10.3 Å². The standard InChI is InChI=1S/C14H18N4O3/c1-7(2)13-14(19)17-10-6-12(18(20)21)11(15-8(3)4)5-9(10)16-13/h5-8,15H,1-4H3,(H,17,19). The summed E-state index contributed by atoms with van der Waals surface area (Å²) in [6, 6.07) is 3.00. The molecule has 0 saturated heterocycles. The highest BCUT2D eigenvalue weighted by atomic mass is 16.6. The third-order valence-corrected chi connectivity index (χ3v) is 3.02.